The van der Waals surface area contributed by atoms with Crippen LogP contribution in [0.1, 0.15) is 30.0 Å². The number of hydrogen-bond acceptors (Lipinski definition) is 8. The minimum absolute atomic E-state index is 0.103. The van der Waals surface area contributed by atoms with Gasteiger partial charge in [0, 0.05) is 17.3 Å². The molecule has 0 unspecified atom stereocenters. The molecule has 1 atom stereocenters. The molecule has 3 aromatic heterocycles. The summed E-state index contributed by atoms with van der Waals surface area (Å²) in [5, 5.41) is 2.88. The number of benzene rings is 3. The number of aromatic nitrogens is 3. The zero-order chi connectivity index (χ0) is 35.0. The number of rotatable bonds is 7. The number of anilines is 1. The minimum atomic E-state index is -4.70. The van der Waals surface area contributed by atoms with E-state index in [1.807, 2.05) is 6.07 Å². The average Bonchev–Trinajstić information content (AvgIpc) is 3.67. The molecule has 0 bridgehead atoms. The molecule has 0 saturated heterocycles. The van der Waals surface area contributed by atoms with Crippen molar-refractivity contribution in [2.75, 3.05) is 5.32 Å². The highest BCUT2D eigenvalue weighted by Crippen LogP contribution is 2.35. The first-order chi connectivity index (χ1) is 24.0. The Morgan fingerprint density at radius 3 is 2.36 bits per heavy atom. The number of para-hydroxylation sites is 1. The number of carbonyl (C=O) groups is 1. The Kier molecular flexibility index (Phi) is 8.80. The maximum Gasteiger partial charge on any atom is 0.433 e. The number of furan rings is 1. The normalized spacial score (nSPS) is 14.7. The molecule has 4 heterocycles. The molecular weight excluding hydrogens is 691 g/mol. The molecule has 50 heavy (non-hydrogen) atoms. The van der Waals surface area contributed by atoms with Crippen molar-refractivity contribution in [2.45, 2.75) is 29.4 Å². The summed E-state index contributed by atoms with van der Waals surface area (Å²) in [7, 11) is 0. The Hall–Kier alpha value is -5.60. The van der Waals surface area contributed by atoms with Crippen LogP contribution in [0.15, 0.2) is 139 Å². The van der Waals surface area contributed by atoms with Gasteiger partial charge in [-0.15, -0.1) is 0 Å². The highest BCUT2D eigenvalue weighted by atomic mass is 32.2. The van der Waals surface area contributed by atoms with E-state index in [0.29, 0.717) is 27.3 Å². The molecule has 0 aliphatic carbocycles. The summed E-state index contributed by atoms with van der Waals surface area (Å²) in [5.74, 6) is -0.708. The third-order valence-corrected chi connectivity index (χ3v) is 9.39. The number of thiazole rings is 1. The molecule has 1 aliphatic rings. The van der Waals surface area contributed by atoms with Gasteiger partial charge in [-0.3, -0.25) is 14.2 Å². The van der Waals surface area contributed by atoms with E-state index in [-0.39, 0.29) is 31.8 Å². The van der Waals surface area contributed by atoms with Gasteiger partial charge in [-0.05, 0) is 66.7 Å². The molecule has 1 aliphatic heterocycles. The third-order valence-electron chi connectivity index (χ3n) is 7.62. The number of nitrogens with one attached hydrogen (secondary N) is 1. The van der Waals surface area contributed by atoms with E-state index in [1.54, 1.807) is 67.6 Å². The Bertz CT molecular complexity index is 2440. The van der Waals surface area contributed by atoms with Crippen molar-refractivity contribution in [1.29, 1.82) is 0 Å². The van der Waals surface area contributed by atoms with Crippen molar-refractivity contribution in [1.82, 2.24) is 14.5 Å². The smallest absolute Gasteiger partial charge is 0.433 e. The topological polar surface area (TPSA) is 102 Å². The second-order valence-corrected chi connectivity index (χ2v) is 13.0. The molecule has 1 amide bonds. The van der Waals surface area contributed by atoms with Crippen molar-refractivity contribution in [3.8, 4) is 11.3 Å². The number of alkyl halides is 3. The molecular formula is C36H23F4N5O3S2. The third kappa shape index (κ3) is 6.80. The summed E-state index contributed by atoms with van der Waals surface area (Å²) >= 11 is 1.87. The summed E-state index contributed by atoms with van der Waals surface area (Å²) in [5.41, 5.74) is 0.675. The monoisotopic (exact) mass is 713 g/mol. The molecule has 1 N–H and O–H groups in total. The fourth-order valence-corrected chi connectivity index (χ4v) is 7.12. The standard InChI is InChI=1S/C36H23F4N5O3S2/c1-20-30(32(46)42-24-10-6-3-7-11-24)31(22-12-14-23(37)15-13-22)45-33(47)27(49-35(45)41-20)18-25-16-17-29(48-25)50-34-43-26(21-8-4-2-5-9-21)19-28(44-34)36(38,39)40/h2-19,31H,1H3,(H,42,46)/b27-18+/t31-/m0/s1. The Balaban J connectivity index is 1.24. The van der Waals surface area contributed by atoms with E-state index in [9.17, 15) is 27.2 Å². The Morgan fingerprint density at radius 1 is 0.960 bits per heavy atom. The maximum absolute atomic E-state index is 14.0. The lowest BCUT2D eigenvalue weighted by Crippen LogP contribution is -2.40. The van der Waals surface area contributed by atoms with E-state index >= 15 is 0 Å². The quantitative estimate of drug-likeness (QED) is 0.138. The second kappa shape index (κ2) is 13.4. The highest BCUT2D eigenvalue weighted by molar-refractivity contribution is 7.99. The van der Waals surface area contributed by atoms with Crippen molar-refractivity contribution in [3.63, 3.8) is 0 Å². The van der Waals surface area contributed by atoms with E-state index in [0.717, 1.165) is 29.2 Å². The summed E-state index contributed by atoms with van der Waals surface area (Å²) in [6, 6.07) is 25.9. The van der Waals surface area contributed by atoms with Gasteiger partial charge < -0.3 is 9.73 Å². The van der Waals surface area contributed by atoms with Crippen molar-refractivity contribution in [3.05, 3.63) is 157 Å². The molecule has 6 aromatic rings. The fraction of sp³-hybridized carbons (Fsp3) is 0.0833. The zero-order valence-electron chi connectivity index (χ0n) is 25.8. The van der Waals surface area contributed by atoms with Crippen molar-refractivity contribution >= 4 is 40.8 Å². The van der Waals surface area contributed by atoms with Crippen molar-refractivity contribution < 1.29 is 26.8 Å². The van der Waals surface area contributed by atoms with Crippen LogP contribution < -0.4 is 20.2 Å². The first kappa shape index (κ1) is 32.9. The van der Waals surface area contributed by atoms with Crippen LogP contribution >= 0.6 is 23.1 Å². The molecule has 8 nitrogen and oxygen atoms in total. The summed E-state index contributed by atoms with van der Waals surface area (Å²) in [6.07, 6.45) is -3.21. The number of carbonyl (C=O) groups excluding carboxylic acids is 1. The first-order valence-corrected chi connectivity index (χ1v) is 16.6. The summed E-state index contributed by atoms with van der Waals surface area (Å²) in [4.78, 5) is 40.6. The molecule has 0 saturated carbocycles. The lowest BCUT2D eigenvalue weighted by Gasteiger charge is -2.25. The molecule has 250 valence electrons. The van der Waals surface area contributed by atoms with Crippen molar-refractivity contribution in [2.24, 2.45) is 4.99 Å². The van der Waals surface area contributed by atoms with Gasteiger partial charge in [0.05, 0.1) is 27.5 Å². The van der Waals surface area contributed by atoms with Crippen LogP contribution in [0.4, 0.5) is 23.2 Å². The van der Waals surface area contributed by atoms with Gasteiger partial charge in [-0.25, -0.2) is 19.4 Å². The van der Waals surface area contributed by atoms with Crippen LogP contribution in [0.5, 0.6) is 0 Å². The fourth-order valence-electron chi connectivity index (χ4n) is 5.35. The number of amides is 1. The lowest BCUT2D eigenvalue weighted by atomic mass is 9.95. The van der Waals surface area contributed by atoms with Crippen LogP contribution in [0.25, 0.3) is 17.3 Å². The Morgan fingerprint density at radius 2 is 1.66 bits per heavy atom. The van der Waals surface area contributed by atoms with Gasteiger partial charge in [-0.2, -0.15) is 13.2 Å². The predicted molar refractivity (Wildman–Crippen MR) is 181 cm³/mol. The SMILES string of the molecule is CC1=C(C(=O)Nc2ccccc2)[C@H](c2ccc(F)cc2)n2c(s/c(=C/c3ccc(Sc4nc(-c5ccccc5)cc(C(F)(F)F)n4)o3)c2=O)=N1. The molecule has 0 spiro atoms. The van der Waals surface area contributed by atoms with E-state index in [1.165, 1.54) is 41.0 Å². The number of fused-ring (bicyclic) bond motifs is 1. The number of halogens is 4. The number of hydrogen-bond donors (Lipinski definition) is 1. The van der Waals surface area contributed by atoms with Gasteiger partial charge in [-0.1, -0.05) is 72.0 Å². The van der Waals surface area contributed by atoms with Gasteiger partial charge >= 0.3 is 6.18 Å². The minimum Gasteiger partial charge on any atom is -0.450 e. The van der Waals surface area contributed by atoms with Crippen LogP contribution in [0.2, 0.25) is 0 Å². The zero-order valence-corrected chi connectivity index (χ0v) is 27.4. The van der Waals surface area contributed by atoms with Gasteiger partial charge in [0.1, 0.15) is 17.3 Å². The predicted octanol–water partition coefficient (Wildman–Crippen LogP) is 7.23. The van der Waals surface area contributed by atoms with E-state index in [4.69, 9.17) is 4.42 Å². The lowest BCUT2D eigenvalue weighted by molar-refractivity contribution is -0.141. The van der Waals surface area contributed by atoms with E-state index in [2.05, 4.69) is 20.3 Å². The first-order valence-electron chi connectivity index (χ1n) is 15.0. The highest BCUT2D eigenvalue weighted by Gasteiger charge is 2.35. The Labute approximate surface area is 289 Å². The molecule has 0 fully saturated rings. The van der Waals surface area contributed by atoms with Crippen LogP contribution in [0.3, 0.4) is 0 Å². The molecule has 3 aromatic carbocycles. The van der Waals surface area contributed by atoms with Crippen LogP contribution in [-0.2, 0) is 11.0 Å². The largest absolute Gasteiger partial charge is 0.450 e. The molecule has 14 heteroatoms. The second-order valence-electron chi connectivity index (χ2n) is 11.0. The molecule has 7 rings (SSSR count). The van der Waals surface area contributed by atoms with Crippen LogP contribution in [-0.4, -0.2) is 20.4 Å². The van der Waals surface area contributed by atoms with Gasteiger partial charge in [0.25, 0.3) is 11.5 Å². The summed E-state index contributed by atoms with van der Waals surface area (Å²) < 4.78 is 62.6. The number of nitrogens with zero attached hydrogens (tertiary/aromatic N) is 4. The average molecular weight is 714 g/mol. The maximum atomic E-state index is 14.0. The molecule has 0 radical (unpaired) electrons. The number of allylic oxidation sites excluding steroid dienone is 1. The van der Waals surface area contributed by atoms with E-state index < -0.39 is 35.2 Å². The van der Waals surface area contributed by atoms with Crippen LogP contribution in [0, 0.1) is 5.82 Å². The van der Waals surface area contributed by atoms with Gasteiger partial charge in [0.15, 0.2) is 15.1 Å². The summed E-state index contributed by atoms with van der Waals surface area (Å²) in [6.45, 7) is 1.67. The van der Waals surface area contributed by atoms with Gasteiger partial charge in [0.2, 0.25) is 0 Å².